The van der Waals surface area contributed by atoms with Gasteiger partial charge in [0.05, 0.1) is 34.1 Å². The van der Waals surface area contributed by atoms with E-state index in [1.807, 2.05) is 6.07 Å². The summed E-state index contributed by atoms with van der Waals surface area (Å²) in [5, 5.41) is 3.60. The van der Waals surface area contributed by atoms with Crippen LogP contribution in [0.2, 0.25) is 10.0 Å². The number of hydrogen-bond acceptors (Lipinski definition) is 5. The second kappa shape index (κ2) is 9.48. The normalized spacial score (nSPS) is 14.6. The Morgan fingerprint density at radius 2 is 1.69 bits per heavy atom. The number of piperazine rings is 1. The van der Waals surface area contributed by atoms with Gasteiger partial charge in [-0.25, -0.2) is 4.79 Å². The molecule has 0 radical (unpaired) electrons. The molecular formula is C21H23Cl2N3O3. The molecule has 1 fully saturated rings. The number of hydrogen-bond donors (Lipinski definition) is 1. The maximum atomic E-state index is 12.8. The monoisotopic (exact) mass is 435 g/mol. The Morgan fingerprint density at radius 1 is 1.00 bits per heavy atom. The molecule has 6 nitrogen and oxygen atoms in total. The zero-order chi connectivity index (χ0) is 21.0. The van der Waals surface area contributed by atoms with Crippen LogP contribution >= 0.6 is 23.2 Å². The molecule has 2 aromatic rings. The molecule has 0 unspecified atom stereocenters. The van der Waals surface area contributed by atoms with Gasteiger partial charge in [0, 0.05) is 31.7 Å². The Kier molecular flexibility index (Phi) is 7.00. The first kappa shape index (κ1) is 21.4. The lowest BCUT2D eigenvalue weighted by molar-refractivity contribution is 0.0600. The largest absolute Gasteiger partial charge is 0.465 e. The van der Waals surface area contributed by atoms with Crippen molar-refractivity contribution in [3.63, 3.8) is 0 Å². The van der Waals surface area contributed by atoms with Crippen molar-refractivity contribution in [2.45, 2.75) is 6.92 Å². The number of rotatable bonds is 5. The van der Waals surface area contributed by atoms with E-state index < -0.39 is 5.97 Å². The molecule has 0 saturated carbocycles. The molecule has 1 amide bonds. The van der Waals surface area contributed by atoms with Gasteiger partial charge in [-0.15, -0.1) is 0 Å². The van der Waals surface area contributed by atoms with E-state index in [-0.39, 0.29) is 5.91 Å². The lowest BCUT2D eigenvalue weighted by Crippen LogP contribution is -2.46. The number of carbonyl (C=O) groups is 2. The van der Waals surface area contributed by atoms with Gasteiger partial charge in [-0.3, -0.25) is 4.79 Å². The predicted molar refractivity (Wildman–Crippen MR) is 117 cm³/mol. The Balaban J connectivity index is 1.90. The quantitative estimate of drug-likeness (QED) is 0.713. The van der Waals surface area contributed by atoms with Gasteiger partial charge >= 0.3 is 5.97 Å². The molecule has 0 atom stereocenters. The van der Waals surface area contributed by atoms with Crippen LogP contribution in [0.15, 0.2) is 36.4 Å². The number of amides is 1. The lowest BCUT2D eigenvalue weighted by atomic mass is 10.1. The van der Waals surface area contributed by atoms with Gasteiger partial charge in [0.1, 0.15) is 0 Å². The number of nitrogens with one attached hydrogen (secondary N) is 1. The Morgan fingerprint density at radius 3 is 2.31 bits per heavy atom. The standard InChI is InChI=1S/C21H23Cl2N3O3/c1-3-25-8-10-26(11-9-25)19-7-5-15(21(28)29-2)13-18(19)24-20(27)14-4-6-16(22)17(23)12-14/h4-7,12-13H,3,8-11H2,1-2H3,(H,24,27). The lowest BCUT2D eigenvalue weighted by Gasteiger charge is -2.36. The first-order valence-electron chi connectivity index (χ1n) is 9.39. The highest BCUT2D eigenvalue weighted by Gasteiger charge is 2.21. The predicted octanol–water partition coefficient (Wildman–Crippen LogP) is 4.17. The molecule has 0 spiro atoms. The van der Waals surface area contributed by atoms with E-state index in [0.29, 0.717) is 26.9 Å². The van der Waals surface area contributed by atoms with Crippen molar-refractivity contribution >= 4 is 46.5 Å². The maximum absolute atomic E-state index is 12.8. The van der Waals surface area contributed by atoms with Crippen LogP contribution in [0.4, 0.5) is 11.4 Å². The molecule has 1 heterocycles. The maximum Gasteiger partial charge on any atom is 0.337 e. The Labute approximate surface area is 180 Å². The third-order valence-electron chi connectivity index (χ3n) is 5.01. The summed E-state index contributed by atoms with van der Waals surface area (Å²) in [6.45, 7) is 6.70. The van der Waals surface area contributed by atoms with Crippen LogP contribution in [0.25, 0.3) is 0 Å². The van der Waals surface area contributed by atoms with Crippen LogP contribution in [-0.2, 0) is 4.74 Å². The van der Waals surface area contributed by atoms with Crippen LogP contribution in [0.5, 0.6) is 0 Å². The van der Waals surface area contributed by atoms with Crippen molar-refractivity contribution in [1.82, 2.24) is 4.90 Å². The van der Waals surface area contributed by atoms with Gasteiger partial charge in [0.15, 0.2) is 0 Å². The number of benzene rings is 2. The summed E-state index contributed by atoms with van der Waals surface area (Å²) in [7, 11) is 1.33. The molecule has 1 N–H and O–H groups in total. The molecule has 0 aromatic heterocycles. The fourth-order valence-corrected chi connectivity index (χ4v) is 3.59. The first-order valence-corrected chi connectivity index (χ1v) is 10.1. The van der Waals surface area contributed by atoms with Gasteiger partial charge in [-0.2, -0.15) is 0 Å². The molecule has 1 aliphatic heterocycles. The summed E-state index contributed by atoms with van der Waals surface area (Å²) in [6, 6.07) is 9.90. The molecule has 8 heteroatoms. The van der Waals surface area contributed by atoms with Gasteiger partial charge in [0.25, 0.3) is 5.91 Å². The summed E-state index contributed by atoms with van der Waals surface area (Å²) >= 11 is 12.0. The van der Waals surface area contributed by atoms with Crippen molar-refractivity contribution in [3.05, 3.63) is 57.6 Å². The van der Waals surface area contributed by atoms with E-state index in [2.05, 4.69) is 22.0 Å². The Hall–Kier alpha value is -2.28. The van der Waals surface area contributed by atoms with Gasteiger partial charge < -0.3 is 19.9 Å². The van der Waals surface area contributed by atoms with E-state index in [4.69, 9.17) is 27.9 Å². The van der Waals surface area contributed by atoms with Crippen molar-refractivity contribution < 1.29 is 14.3 Å². The second-order valence-corrected chi connectivity index (χ2v) is 7.54. The molecule has 0 bridgehead atoms. The van der Waals surface area contributed by atoms with Crippen molar-refractivity contribution in [2.24, 2.45) is 0 Å². The summed E-state index contributed by atoms with van der Waals surface area (Å²) in [5.41, 5.74) is 2.16. The van der Waals surface area contributed by atoms with Crippen LogP contribution in [-0.4, -0.2) is 56.6 Å². The van der Waals surface area contributed by atoms with E-state index in [0.717, 1.165) is 38.4 Å². The number of halogens is 2. The number of carbonyl (C=O) groups excluding carboxylic acids is 2. The highest BCUT2D eigenvalue weighted by molar-refractivity contribution is 6.42. The third kappa shape index (κ3) is 5.01. The van der Waals surface area contributed by atoms with Crippen LogP contribution < -0.4 is 10.2 Å². The van der Waals surface area contributed by atoms with Crippen molar-refractivity contribution in [2.75, 3.05) is 50.1 Å². The zero-order valence-electron chi connectivity index (χ0n) is 16.4. The smallest absolute Gasteiger partial charge is 0.337 e. The minimum atomic E-state index is -0.461. The second-order valence-electron chi connectivity index (χ2n) is 6.73. The van der Waals surface area contributed by atoms with E-state index >= 15 is 0 Å². The molecule has 154 valence electrons. The number of nitrogens with zero attached hydrogens (tertiary/aromatic N) is 2. The Bertz CT molecular complexity index is 912. The highest BCUT2D eigenvalue weighted by Crippen LogP contribution is 2.30. The first-order chi connectivity index (χ1) is 13.9. The number of esters is 1. The van der Waals surface area contributed by atoms with Gasteiger partial charge in [-0.1, -0.05) is 30.1 Å². The number of anilines is 2. The minimum Gasteiger partial charge on any atom is -0.465 e. The topological polar surface area (TPSA) is 61.9 Å². The third-order valence-corrected chi connectivity index (χ3v) is 5.75. The van der Waals surface area contributed by atoms with Crippen LogP contribution in [0, 0.1) is 0 Å². The number of likely N-dealkylation sites (N-methyl/N-ethyl adjacent to an activating group) is 1. The molecule has 3 rings (SSSR count). The van der Waals surface area contributed by atoms with Crippen molar-refractivity contribution in [1.29, 1.82) is 0 Å². The zero-order valence-corrected chi connectivity index (χ0v) is 17.9. The molecule has 2 aromatic carbocycles. The van der Waals surface area contributed by atoms with E-state index in [1.165, 1.54) is 13.2 Å². The SMILES string of the molecule is CCN1CCN(c2ccc(C(=O)OC)cc2NC(=O)c2ccc(Cl)c(Cl)c2)CC1. The molecule has 0 aliphatic carbocycles. The fourth-order valence-electron chi connectivity index (χ4n) is 3.29. The van der Waals surface area contributed by atoms with Crippen LogP contribution in [0.1, 0.15) is 27.6 Å². The average molecular weight is 436 g/mol. The van der Waals surface area contributed by atoms with Gasteiger partial charge in [-0.05, 0) is 42.9 Å². The number of methoxy groups -OCH3 is 1. The minimum absolute atomic E-state index is 0.304. The summed E-state index contributed by atoms with van der Waals surface area (Å²) < 4.78 is 4.82. The molecule has 29 heavy (non-hydrogen) atoms. The summed E-state index contributed by atoms with van der Waals surface area (Å²) in [4.78, 5) is 29.4. The molecule has 1 aliphatic rings. The van der Waals surface area contributed by atoms with Crippen molar-refractivity contribution in [3.8, 4) is 0 Å². The highest BCUT2D eigenvalue weighted by atomic mass is 35.5. The number of ether oxygens (including phenoxy) is 1. The van der Waals surface area contributed by atoms with E-state index in [9.17, 15) is 9.59 Å². The van der Waals surface area contributed by atoms with E-state index in [1.54, 1.807) is 24.3 Å². The molecular weight excluding hydrogens is 413 g/mol. The summed E-state index contributed by atoms with van der Waals surface area (Å²) in [6.07, 6.45) is 0. The molecule has 1 saturated heterocycles. The van der Waals surface area contributed by atoms with Gasteiger partial charge in [0.2, 0.25) is 0 Å². The van der Waals surface area contributed by atoms with Crippen LogP contribution in [0.3, 0.4) is 0 Å². The summed E-state index contributed by atoms with van der Waals surface area (Å²) in [5.74, 6) is -0.795. The fraction of sp³-hybridized carbons (Fsp3) is 0.333. The average Bonchev–Trinajstić information content (AvgIpc) is 2.75.